The number of halogens is 1. The molecule has 0 saturated carbocycles. The number of anilines is 1. The Kier molecular flexibility index (Phi) is 5.06. The molecule has 0 aliphatic heterocycles. The highest BCUT2D eigenvalue weighted by Gasteiger charge is 2.22. The summed E-state index contributed by atoms with van der Waals surface area (Å²) >= 11 is 0. The minimum Gasteiger partial charge on any atom is -0.474 e. The van der Waals surface area contributed by atoms with Crippen LogP contribution in [-0.2, 0) is 4.79 Å². The van der Waals surface area contributed by atoms with Crippen LogP contribution in [0.3, 0.4) is 0 Å². The van der Waals surface area contributed by atoms with Crippen molar-refractivity contribution in [2.75, 3.05) is 5.32 Å². The zero-order valence-electron chi connectivity index (χ0n) is 12.5. The van der Waals surface area contributed by atoms with Gasteiger partial charge in [0.2, 0.25) is 5.75 Å². The number of rotatable bonds is 5. The summed E-state index contributed by atoms with van der Waals surface area (Å²) < 4.78 is 18.5. The number of amides is 1. The molecule has 2 aromatic carbocycles. The molecule has 0 saturated heterocycles. The number of nitro benzene ring substituents is 1. The number of nitrogens with zero attached hydrogens (tertiary/aromatic N) is 2. The summed E-state index contributed by atoms with van der Waals surface area (Å²) in [5, 5.41) is 22.2. The maximum Gasteiger partial charge on any atom is 0.311 e. The first-order valence-corrected chi connectivity index (χ1v) is 6.82. The van der Waals surface area contributed by atoms with E-state index < -0.39 is 28.4 Å². The summed E-state index contributed by atoms with van der Waals surface area (Å²) in [6, 6.07) is 10.8. The monoisotopic (exact) mass is 329 g/mol. The van der Waals surface area contributed by atoms with Gasteiger partial charge in [-0.05, 0) is 37.3 Å². The van der Waals surface area contributed by atoms with E-state index in [0.29, 0.717) is 11.3 Å². The van der Waals surface area contributed by atoms with Crippen molar-refractivity contribution in [2.45, 2.75) is 13.0 Å². The standard InChI is InChI=1S/C16H12FN3O4/c1-10(16(21)19-13-5-2-11(9-18)3-6-13)24-15-8-12(17)4-7-14(15)20(22)23/h2-8,10H,1H3,(H,19,21)/t10-/m0/s1. The summed E-state index contributed by atoms with van der Waals surface area (Å²) in [6.07, 6.45) is -1.10. The van der Waals surface area contributed by atoms with Crippen LogP contribution in [0.15, 0.2) is 42.5 Å². The summed E-state index contributed by atoms with van der Waals surface area (Å²) in [7, 11) is 0. The van der Waals surface area contributed by atoms with Gasteiger partial charge in [-0.2, -0.15) is 5.26 Å². The molecule has 8 heteroatoms. The first kappa shape index (κ1) is 16.9. The first-order chi connectivity index (χ1) is 11.4. The molecule has 0 aliphatic rings. The molecule has 24 heavy (non-hydrogen) atoms. The van der Waals surface area contributed by atoms with Gasteiger partial charge in [0, 0.05) is 17.8 Å². The van der Waals surface area contributed by atoms with E-state index in [-0.39, 0.29) is 5.75 Å². The van der Waals surface area contributed by atoms with Crippen LogP contribution in [0.5, 0.6) is 5.75 Å². The number of benzene rings is 2. The second-order valence-corrected chi connectivity index (χ2v) is 4.81. The van der Waals surface area contributed by atoms with Crippen LogP contribution in [0, 0.1) is 27.3 Å². The number of ether oxygens (including phenoxy) is 1. The summed E-state index contributed by atoms with van der Waals surface area (Å²) in [5.74, 6) is -1.61. The highest BCUT2D eigenvalue weighted by atomic mass is 19.1. The fourth-order valence-corrected chi connectivity index (χ4v) is 1.85. The topological polar surface area (TPSA) is 105 Å². The summed E-state index contributed by atoms with van der Waals surface area (Å²) in [6.45, 7) is 1.38. The van der Waals surface area contributed by atoms with Gasteiger partial charge in [-0.15, -0.1) is 0 Å². The lowest BCUT2D eigenvalue weighted by molar-refractivity contribution is -0.386. The molecule has 1 amide bonds. The Morgan fingerprint density at radius 2 is 2.00 bits per heavy atom. The normalized spacial score (nSPS) is 11.2. The number of hydrogen-bond donors (Lipinski definition) is 1. The average Bonchev–Trinajstić information content (AvgIpc) is 2.55. The van der Waals surface area contributed by atoms with Gasteiger partial charge in [0.05, 0.1) is 16.6 Å². The molecular weight excluding hydrogens is 317 g/mol. The van der Waals surface area contributed by atoms with E-state index in [4.69, 9.17) is 10.00 Å². The van der Waals surface area contributed by atoms with E-state index in [2.05, 4.69) is 5.32 Å². The van der Waals surface area contributed by atoms with Crippen LogP contribution >= 0.6 is 0 Å². The molecule has 0 aliphatic carbocycles. The van der Waals surface area contributed by atoms with Gasteiger partial charge in [-0.25, -0.2) is 4.39 Å². The Bertz CT molecular complexity index is 815. The maximum atomic E-state index is 13.3. The largest absolute Gasteiger partial charge is 0.474 e. The van der Waals surface area contributed by atoms with Crippen LogP contribution < -0.4 is 10.1 Å². The van der Waals surface area contributed by atoms with Gasteiger partial charge in [-0.1, -0.05) is 0 Å². The number of carbonyl (C=O) groups is 1. The second-order valence-electron chi connectivity index (χ2n) is 4.81. The molecule has 0 fully saturated rings. The molecular formula is C16H12FN3O4. The zero-order chi connectivity index (χ0) is 17.7. The van der Waals surface area contributed by atoms with Crippen molar-refractivity contribution in [3.8, 4) is 11.8 Å². The molecule has 2 rings (SSSR count). The van der Waals surface area contributed by atoms with E-state index in [9.17, 15) is 19.3 Å². The lowest BCUT2D eigenvalue weighted by Crippen LogP contribution is -2.30. The Hall–Kier alpha value is -3.47. The lowest BCUT2D eigenvalue weighted by Gasteiger charge is -2.14. The van der Waals surface area contributed by atoms with Gasteiger partial charge in [-0.3, -0.25) is 14.9 Å². The number of carbonyl (C=O) groups excluding carboxylic acids is 1. The molecule has 0 unspecified atom stereocenters. The lowest BCUT2D eigenvalue weighted by atomic mass is 10.2. The Morgan fingerprint density at radius 3 is 2.58 bits per heavy atom. The molecule has 7 nitrogen and oxygen atoms in total. The van der Waals surface area contributed by atoms with Crippen LogP contribution in [0.25, 0.3) is 0 Å². The van der Waals surface area contributed by atoms with Crippen molar-refractivity contribution >= 4 is 17.3 Å². The van der Waals surface area contributed by atoms with Crippen molar-refractivity contribution in [1.29, 1.82) is 5.26 Å². The highest BCUT2D eigenvalue weighted by Crippen LogP contribution is 2.28. The molecule has 122 valence electrons. The van der Waals surface area contributed by atoms with E-state index in [1.54, 1.807) is 0 Å². The predicted molar refractivity (Wildman–Crippen MR) is 82.9 cm³/mol. The van der Waals surface area contributed by atoms with Gasteiger partial charge in [0.25, 0.3) is 5.91 Å². The van der Waals surface area contributed by atoms with Crippen LogP contribution in [0.1, 0.15) is 12.5 Å². The van der Waals surface area contributed by atoms with Crippen molar-refractivity contribution in [3.63, 3.8) is 0 Å². The number of hydrogen-bond acceptors (Lipinski definition) is 5. The summed E-state index contributed by atoms with van der Waals surface area (Å²) in [4.78, 5) is 22.3. The number of nitrogens with one attached hydrogen (secondary N) is 1. The molecule has 0 heterocycles. The molecule has 0 spiro atoms. The van der Waals surface area contributed by atoms with E-state index >= 15 is 0 Å². The fourth-order valence-electron chi connectivity index (χ4n) is 1.85. The predicted octanol–water partition coefficient (Wildman–Crippen LogP) is 3.01. The first-order valence-electron chi connectivity index (χ1n) is 6.82. The van der Waals surface area contributed by atoms with Crippen LogP contribution in [0.4, 0.5) is 15.8 Å². The van der Waals surface area contributed by atoms with Gasteiger partial charge >= 0.3 is 5.69 Å². The smallest absolute Gasteiger partial charge is 0.311 e. The molecule has 0 bridgehead atoms. The Labute approximate surface area is 136 Å². The van der Waals surface area contributed by atoms with Gasteiger partial charge in [0.1, 0.15) is 5.82 Å². The van der Waals surface area contributed by atoms with Crippen molar-refractivity contribution < 1.29 is 18.8 Å². The summed E-state index contributed by atoms with van der Waals surface area (Å²) in [5.41, 5.74) is 0.435. The van der Waals surface area contributed by atoms with E-state index in [1.807, 2.05) is 6.07 Å². The quantitative estimate of drug-likeness (QED) is 0.670. The van der Waals surface area contributed by atoms with Crippen LogP contribution in [0.2, 0.25) is 0 Å². The van der Waals surface area contributed by atoms with Crippen molar-refractivity contribution in [1.82, 2.24) is 0 Å². The molecule has 0 radical (unpaired) electrons. The maximum absolute atomic E-state index is 13.3. The highest BCUT2D eigenvalue weighted by molar-refractivity contribution is 5.94. The van der Waals surface area contributed by atoms with Crippen LogP contribution in [-0.4, -0.2) is 16.9 Å². The second kappa shape index (κ2) is 7.19. The average molecular weight is 329 g/mol. The fraction of sp³-hybridized carbons (Fsp3) is 0.125. The third-order valence-corrected chi connectivity index (χ3v) is 3.07. The Morgan fingerprint density at radius 1 is 1.33 bits per heavy atom. The third-order valence-electron chi connectivity index (χ3n) is 3.07. The number of nitriles is 1. The number of nitro groups is 1. The molecule has 0 aromatic heterocycles. The van der Waals surface area contributed by atoms with E-state index in [0.717, 1.165) is 18.2 Å². The van der Waals surface area contributed by atoms with Gasteiger partial charge < -0.3 is 10.1 Å². The van der Waals surface area contributed by atoms with Crippen molar-refractivity contribution in [2.24, 2.45) is 0 Å². The minimum absolute atomic E-state index is 0.331. The van der Waals surface area contributed by atoms with Crippen molar-refractivity contribution in [3.05, 3.63) is 64.0 Å². The zero-order valence-corrected chi connectivity index (χ0v) is 12.5. The Balaban J connectivity index is 2.10. The minimum atomic E-state index is -1.10. The molecule has 1 atom stereocenters. The molecule has 2 aromatic rings. The van der Waals surface area contributed by atoms with E-state index in [1.165, 1.54) is 31.2 Å². The third kappa shape index (κ3) is 4.04. The SMILES string of the molecule is C[C@H](Oc1cc(F)ccc1[N+](=O)[O-])C(=O)Nc1ccc(C#N)cc1. The van der Waals surface area contributed by atoms with Gasteiger partial charge in [0.15, 0.2) is 6.10 Å². The molecule has 1 N–H and O–H groups in total.